The van der Waals surface area contributed by atoms with Crippen LogP contribution in [0.25, 0.3) is 0 Å². The van der Waals surface area contributed by atoms with Gasteiger partial charge in [0.15, 0.2) is 0 Å². The van der Waals surface area contributed by atoms with E-state index in [4.69, 9.17) is 4.74 Å². The Hall–Kier alpha value is -0.0966. The fourth-order valence-electron chi connectivity index (χ4n) is 1.09. The van der Waals surface area contributed by atoms with Crippen LogP contribution in [0, 0.1) is 0 Å². The smallest absolute Gasteiger partial charge is 0.0955 e. The van der Waals surface area contributed by atoms with Crippen LogP contribution in [0.5, 0.6) is 0 Å². The summed E-state index contributed by atoms with van der Waals surface area (Å²) >= 11 is 0. The number of allylic oxidation sites excluding steroid dienone is 4. The topological polar surface area (TPSA) is 9.23 Å². The van der Waals surface area contributed by atoms with Gasteiger partial charge in [-0.2, -0.15) is 0 Å². The SMILES string of the molecule is COC1=CC=CCCCC1.[Rh]. The van der Waals surface area contributed by atoms with E-state index in [9.17, 15) is 0 Å². The first kappa shape index (κ1) is 10.9. The quantitative estimate of drug-likeness (QED) is 0.641. The molecule has 0 aromatic heterocycles. The number of methoxy groups -OCH3 is 1. The van der Waals surface area contributed by atoms with Gasteiger partial charge in [0.2, 0.25) is 0 Å². The average molecular weight is 241 g/mol. The molecular formula is C9H14ORh. The molecular weight excluding hydrogens is 227 g/mol. The molecule has 1 nitrogen and oxygen atoms in total. The van der Waals surface area contributed by atoms with Gasteiger partial charge in [-0.1, -0.05) is 12.2 Å². The monoisotopic (exact) mass is 241 g/mol. The molecule has 0 spiro atoms. The molecule has 65 valence electrons. The van der Waals surface area contributed by atoms with Crippen LogP contribution in [0.3, 0.4) is 0 Å². The molecule has 0 amide bonds. The Bertz CT molecular complexity index is 150. The summed E-state index contributed by atoms with van der Waals surface area (Å²) in [5.74, 6) is 1.11. The van der Waals surface area contributed by atoms with Crippen molar-refractivity contribution in [2.24, 2.45) is 0 Å². The number of ether oxygens (including phenoxy) is 1. The van der Waals surface area contributed by atoms with Gasteiger partial charge < -0.3 is 4.74 Å². The Labute approximate surface area is 81.3 Å². The zero-order chi connectivity index (χ0) is 7.23. The molecule has 0 N–H and O–H groups in total. The molecule has 0 aliphatic heterocycles. The van der Waals surface area contributed by atoms with Crippen LogP contribution in [0.2, 0.25) is 0 Å². The van der Waals surface area contributed by atoms with Crippen LogP contribution >= 0.6 is 0 Å². The van der Waals surface area contributed by atoms with Crippen molar-refractivity contribution in [2.45, 2.75) is 25.7 Å². The molecule has 0 aromatic carbocycles. The molecule has 1 aliphatic carbocycles. The zero-order valence-electron chi connectivity index (χ0n) is 6.80. The van der Waals surface area contributed by atoms with Gasteiger partial charge in [0, 0.05) is 25.9 Å². The van der Waals surface area contributed by atoms with Gasteiger partial charge in [0.25, 0.3) is 0 Å². The number of hydrogen-bond acceptors (Lipinski definition) is 1. The van der Waals surface area contributed by atoms with Gasteiger partial charge >= 0.3 is 0 Å². The molecule has 11 heavy (non-hydrogen) atoms. The first-order valence-corrected chi connectivity index (χ1v) is 3.83. The van der Waals surface area contributed by atoms with E-state index in [-0.39, 0.29) is 19.5 Å². The van der Waals surface area contributed by atoms with Gasteiger partial charge in [-0.25, -0.2) is 0 Å². The first-order valence-electron chi connectivity index (χ1n) is 3.83. The van der Waals surface area contributed by atoms with Crippen molar-refractivity contribution < 1.29 is 24.2 Å². The van der Waals surface area contributed by atoms with Crippen molar-refractivity contribution in [3.05, 3.63) is 24.0 Å². The van der Waals surface area contributed by atoms with E-state index in [2.05, 4.69) is 18.2 Å². The van der Waals surface area contributed by atoms with Crippen molar-refractivity contribution >= 4 is 0 Å². The first-order chi connectivity index (χ1) is 4.93. The minimum Gasteiger partial charge on any atom is -0.501 e. The third-order valence-corrected chi connectivity index (χ3v) is 1.72. The predicted octanol–water partition coefficient (Wildman–Crippen LogP) is 2.64. The summed E-state index contributed by atoms with van der Waals surface area (Å²) in [6.07, 6.45) is 11.2. The van der Waals surface area contributed by atoms with E-state index in [1.165, 1.54) is 19.3 Å². The average Bonchev–Trinajstić information content (AvgIpc) is 1.87. The second-order valence-electron chi connectivity index (χ2n) is 2.51. The standard InChI is InChI=1S/C9H14O.Rh/c1-10-9-7-5-3-2-4-6-8-9;/h3,5,7H,2,4,6,8H2,1H3;. The maximum absolute atomic E-state index is 5.14. The third kappa shape index (κ3) is 4.37. The van der Waals surface area contributed by atoms with Crippen molar-refractivity contribution in [3.8, 4) is 0 Å². The molecule has 0 saturated carbocycles. The van der Waals surface area contributed by atoms with Gasteiger partial charge in [0.1, 0.15) is 0 Å². The van der Waals surface area contributed by atoms with Gasteiger partial charge in [-0.05, 0) is 25.3 Å². The van der Waals surface area contributed by atoms with Crippen LogP contribution in [-0.4, -0.2) is 7.11 Å². The maximum atomic E-state index is 5.14. The van der Waals surface area contributed by atoms with E-state index >= 15 is 0 Å². The Balaban J connectivity index is 0.000001000. The summed E-state index contributed by atoms with van der Waals surface area (Å²) in [7, 11) is 1.74. The zero-order valence-corrected chi connectivity index (χ0v) is 8.44. The van der Waals surface area contributed by atoms with Gasteiger partial charge in [-0.15, -0.1) is 0 Å². The number of rotatable bonds is 1. The molecule has 0 bridgehead atoms. The van der Waals surface area contributed by atoms with Crippen molar-refractivity contribution in [2.75, 3.05) is 7.11 Å². The maximum Gasteiger partial charge on any atom is 0.0955 e. The number of hydrogen-bond donors (Lipinski definition) is 0. The minimum absolute atomic E-state index is 0. The summed E-state index contributed by atoms with van der Waals surface area (Å²) in [6, 6.07) is 0. The third-order valence-electron chi connectivity index (χ3n) is 1.72. The minimum atomic E-state index is 0. The molecule has 1 aliphatic rings. The Kier molecular flexibility index (Phi) is 6.55. The van der Waals surface area contributed by atoms with E-state index in [1.54, 1.807) is 7.11 Å². The normalized spacial score (nSPS) is 17.4. The van der Waals surface area contributed by atoms with E-state index in [1.807, 2.05) is 0 Å². The molecule has 0 atom stereocenters. The van der Waals surface area contributed by atoms with Crippen molar-refractivity contribution in [1.29, 1.82) is 0 Å². The second-order valence-corrected chi connectivity index (χ2v) is 2.51. The summed E-state index contributed by atoms with van der Waals surface area (Å²) in [4.78, 5) is 0. The van der Waals surface area contributed by atoms with Crippen LogP contribution < -0.4 is 0 Å². The fourth-order valence-corrected chi connectivity index (χ4v) is 1.09. The Morgan fingerprint density at radius 2 is 2.18 bits per heavy atom. The molecule has 0 saturated heterocycles. The second kappa shape index (κ2) is 6.60. The van der Waals surface area contributed by atoms with Crippen molar-refractivity contribution in [3.63, 3.8) is 0 Å². The van der Waals surface area contributed by atoms with Crippen LogP contribution in [0.1, 0.15) is 25.7 Å². The predicted molar refractivity (Wildman–Crippen MR) is 42.7 cm³/mol. The molecule has 1 radical (unpaired) electrons. The summed E-state index contributed by atoms with van der Waals surface area (Å²) in [5.41, 5.74) is 0. The van der Waals surface area contributed by atoms with Crippen molar-refractivity contribution in [1.82, 2.24) is 0 Å². The summed E-state index contributed by atoms with van der Waals surface area (Å²) in [6.45, 7) is 0. The molecule has 1 rings (SSSR count). The molecule has 0 unspecified atom stereocenters. The van der Waals surface area contributed by atoms with Gasteiger partial charge in [0.05, 0.1) is 12.9 Å². The Morgan fingerprint density at radius 1 is 1.36 bits per heavy atom. The fraction of sp³-hybridized carbons (Fsp3) is 0.556. The molecule has 0 fully saturated rings. The van der Waals surface area contributed by atoms with E-state index in [0.717, 1.165) is 12.2 Å². The van der Waals surface area contributed by atoms with Crippen LogP contribution in [0.15, 0.2) is 24.0 Å². The molecule has 2 heteroatoms. The Morgan fingerprint density at radius 3 is 2.91 bits per heavy atom. The molecule has 0 heterocycles. The largest absolute Gasteiger partial charge is 0.501 e. The van der Waals surface area contributed by atoms with E-state index < -0.39 is 0 Å². The van der Waals surface area contributed by atoms with Crippen LogP contribution in [0.4, 0.5) is 0 Å². The van der Waals surface area contributed by atoms with E-state index in [0.29, 0.717) is 0 Å². The van der Waals surface area contributed by atoms with Crippen LogP contribution in [-0.2, 0) is 24.2 Å². The summed E-state index contributed by atoms with van der Waals surface area (Å²) < 4.78 is 5.14. The summed E-state index contributed by atoms with van der Waals surface area (Å²) in [5, 5.41) is 0. The molecule has 0 aromatic rings. The van der Waals surface area contributed by atoms with Gasteiger partial charge in [-0.3, -0.25) is 0 Å².